The van der Waals surface area contributed by atoms with Gasteiger partial charge in [-0.15, -0.1) is 0 Å². The smallest absolute Gasteiger partial charge is 0.352 e. The maximum absolute atomic E-state index is 13.2. The molecular weight excluding hydrogens is 552 g/mol. The molecule has 13 heteroatoms. The number of rotatable bonds is 10. The zero-order valence-electron chi connectivity index (χ0n) is 23.9. The molecule has 5 rings (SSSR count). The lowest BCUT2D eigenvalue weighted by molar-refractivity contribution is -0.176. The number of ether oxygens (including phenoxy) is 4. The monoisotopic (exact) mass is 588 g/mol. The van der Waals surface area contributed by atoms with Crippen LogP contribution in [0.5, 0.6) is 11.5 Å². The van der Waals surface area contributed by atoms with Crippen LogP contribution in [0.2, 0.25) is 0 Å². The molecule has 0 aromatic heterocycles. The van der Waals surface area contributed by atoms with Crippen LogP contribution in [-0.4, -0.2) is 101 Å². The maximum Gasteiger partial charge on any atom is 0.352 e. The van der Waals surface area contributed by atoms with Gasteiger partial charge in [0, 0.05) is 24.4 Å². The molecule has 2 bridgehead atoms. The lowest BCUT2D eigenvalue weighted by Crippen LogP contribution is -2.74. The molecule has 228 valence electrons. The predicted molar refractivity (Wildman–Crippen MR) is 144 cm³/mol. The molecule has 1 saturated heterocycles. The highest BCUT2D eigenvalue weighted by molar-refractivity contribution is 5.88. The van der Waals surface area contributed by atoms with Crippen molar-refractivity contribution in [3.8, 4) is 11.5 Å². The minimum Gasteiger partial charge on any atom is -0.493 e. The van der Waals surface area contributed by atoms with Crippen LogP contribution in [0.15, 0.2) is 24.0 Å². The van der Waals surface area contributed by atoms with E-state index in [0.29, 0.717) is 30.9 Å². The SMILES string of the molecule is COc1ccc2c3c1O[C@H]1C(OC(=O)[C@H](C)OC(=O)[C@H](CCC(=O)O)NC(=O)[C@H](C)O)=CC[C@@]4(O)[C@@H](C2)N(C)CC[C@]314. The molecule has 13 nitrogen and oxygen atoms in total. The summed E-state index contributed by atoms with van der Waals surface area (Å²) in [7, 11) is 3.52. The molecule has 2 heterocycles. The molecule has 7 atom stereocenters. The van der Waals surface area contributed by atoms with Crippen LogP contribution in [0.1, 0.15) is 50.7 Å². The molecule has 1 spiro atoms. The first kappa shape index (κ1) is 29.8. The van der Waals surface area contributed by atoms with Crippen molar-refractivity contribution in [3.05, 3.63) is 35.1 Å². The van der Waals surface area contributed by atoms with Crippen LogP contribution in [0.25, 0.3) is 0 Å². The van der Waals surface area contributed by atoms with Crippen LogP contribution < -0.4 is 14.8 Å². The fourth-order valence-electron chi connectivity index (χ4n) is 6.90. The fraction of sp³-hybridized carbons (Fsp3) is 0.586. The third-order valence-electron chi connectivity index (χ3n) is 9.03. The summed E-state index contributed by atoms with van der Waals surface area (Å²) in [6.45, 7) is 3.17. The second-order valence-corrected chi connectivity index (χ2v) is 11.5. The Morgan fingerprint density at radius 2 is 1.95 bits per heavy atom. The number of aliphatic hydroxyl groups is 2. The molecule has 0 saturated carbocycles. The van der Waals surface area contributed by atoms with E-state index in [1.54, 1.807) is 6.08 Å². The summed E-state index contributed by atoms with van der Waals surface area (Å²) in [5.41, 5.74) is -0.173. The normalized spacial score (nSPS) is 29.1. The van der Waals surface area contributed by atoms with Crippen LogP contribution in [0, 0.1) is 0 Å². The number of aliphatic hydroxyl groups excluding tert-OH is 1. The number of hydrogen-bond acceptors (Lipinski definition) is 11. The number of nitrogens with one attached hydrogen (secondary N) is 1. The Morgan fingerprint density at radius 1 is 1.21 bits per heavy atom. The minimum absolute atomic E-state index is 0.183. The number of benzene rings is 1. The molecule has 1 fully saturated rings. The molecule has 2 aliphatic heterocycles. The van der Waals surface area contributed by atoms with E-state index >= 15 is 0 Å². The minimum atomic E-state index is -1.45. The Bertz CT molecular complexity index is 1340. The first-order chi connectivity index (χ1) is 19.8. The fourth-order valence-corrected chi connectivity index (χ4v) is 6.90. The van der Waals surface area contributed by atoms with Gasteiger partial charge in [-0.3, -0.25) is 9.59 Å². The Kier molecular flexibility index (Phi) is 7.71. The predicted octanol–water partition coefficient (Wildman–Crippen LogP) is 0.178. The van der Waals surface area contributed by atoms with Gasteiger partial charge in [0.25, 0.3) is 0 Å². The number of carboxylic acid groups (broad SMARTS) is 1. The number of carbonyl (C=O) groups excluding carboxylic acids is 3. The van der Waals surface area contributed by atoms with Gasteiger partial charge in [-0.25, -0.2) is 9.59 Å². The number of carboxylic acids is 1. The quantitative estimate of drug-likeness (QED) is 0.273. The number of piperidine rings is 1. The van der Waals surface area contributed by atoms with E-state index < -0.39 is 65.6 Å². The van der Waals surface area contributed by atoms with Crippen molar-refractivity contribution >= 4 is 23.8 Å². The zero-order chi connectivity index (χ0) is 30.6. The topological polar surface area (TPSA) is 181 Å². The van der Waals surface area contributed by atoms with E-state index in [4.69, 9.17) is 24.1 Å². The lowest BCUT2D eigenvalue weighted by Gasteiger charge is -2.61. The molecule has 1 aromatic carbocycles. The maximum atomic E-state index is 13.2. The third-order valence-corrected chi connectivity index (χ3v) is 9.03. The van der Waals surface area contributed by atoms with Crippen molar-refractivity contribution in [2.24, 2.45) is 0 Å². The molecule has 4 N–H and O–H groups in total. The highest BCUT2D eigenvalue weighted by Gasteiger charge is 2.72. The first-order valence-corrected chi connectivity index (χ1v) is 14.0. The van der Waals surface area contributed by atoms with Gasteiger partial charge in [-0.05, 0) is 64.4 Å². The second-order valence-electron chi connectivity index (χ2n) is 11.5. The van der Waals surface area contributed by atoms with Gasteiger partial charge in [-0.1, -0.05) is 6.07 Å². The average Bonchev–Trinajstić information content (AvgIpc) is 3.29. The summed E-state index contributed by atoms with van der Waals surface area (Å²) in [5, 5.41) is 33.0. The van der Waals surface area contributed by atoms with Crippen LogP contribution in [-0.2, 0) is 40.5 Å². The summed E-state index contributed by atoms with van der Waals surface area (Å²) in [4.78, 5) is 51.2. The summed E-state index contributed by atoms with van der Waals surface area (Å²) >= 11 is 0. The highest BCUT2D eigenvalue weighted by Crippen LogP contribution is 2.65. The van der Waals surface area contributed by atoms with Crippen molar-refractivity contribution in [3.63, 3.8) is 0 Å². The number of esters is 2. The van der Waals surface area contributed by atoms with Crippen LogP contribution in [0.4, 0.5) is 0 Å². The van der Waals surface area contributed by atoms with Crippen LogP contribution >= 0.6 is 0 Å². The van der Waals surface area contributed by atoms with Crippen molar-refractivity contribution in [1.82, 2.24) is 10.2 Å². The summed E-state index contributed by atoms with van der Waals surface area (Å²) < 4.78 is 23.1. The average molecular weight is 589 g/mol. The number of likely N-dealkylation sites (tertiary alicyclic amines) is 1. The highest BCUT2D eigenvalue weighted by atomic mass is 16.6. The van der Waals surface area contributed by atoms with E-state index in [0.717, 1.165) is 11.1 Å². The number of methoxy groups -OCH3 is 1. The molecule has 1 amide bonds. The van der Waals surface area contributed by atoms with Crippen LogP contribution in [0.3, 0.4) is 0 Å². The number of amides is 1. The summed E-state index contributed by atoms with van der Waals surface area (Å²) in [6.07, 6.45) is -1.47. The number of nitrogens with zero attached hydrogens (tertiary/aromatic N) is 1. The van der Waals surface area contributed by atoms with E-state index in [1.807, 2.05) is 19.2 Å². The van der Waals surface area contributed by atoms with Gasteiger partial charge < -0.3 is 44.5 Å². The van der Waals surface area contributed by atoms with Crippen molar-refractivity contribution in [1.29, 1.82) is 0 Å². The summed E-state index contributed by atoms with van der Waals surface area (Å²) in [5.74, 6) is -2.85. The Morgan fingerprint density at radius 3 is 2.62 bits per heavy atom. The lowest BCUT2D eigenvalue weighted by atomic mass is 9.50. The van der Waals surface area contributed by atoms with Gasteiger partial charge in [0.1, 0.15) is 17.9 Å². The molecule has 0 unspecified atom stereocenters. The number of aliphatic carboxylic acids is 1. The van der Waals surface area contributed by atoms with E-state index in [9.17, 15) is 29.4 Å². The number of carbonyl (C=O) groups is 4. The third kappa shape index (κ3) is 4.59. The van der Waals surface area contributed by atoms with Gasteiger partial charge in [0.15, 0.2) is 23.7 Å². The van der Waals surface area contributed by atoms with Gasteiger partial charge in [0.2, 0.25) is 5.91 Å². The molecule has 0 radical (unpaired) electrons. The van der Waals surface area contributed by atoms with Gasteiger partial charge in [-0.2, -0.15) is 0 Å². The summed E-state index contributed by atoms with van der Waals surface area (Å²) in [6, 6.07) is 2.23. The first-order valence-electron chi connectivity index (χ1n) is 14.0. The van der Waals surface area contributed by atoms with E-state index in [1.165, 1.54) is 21.0 Å². The number of likely N-dealkylation sites (N-methyl/N-ethyl adjacent to an activating group) is 1. The van der Waals surface area contributed by atoms with E-state index in [2.05, 4.69) is 10.2 Å². The second kappa shape index (κ2) is 10.9. The molecule has 1 aromatic rings. The van der Waals surface area contributed by atoms with Crippen molar-refractivity contribution in [2.75, 3.05) is 20.7 Å². The Labute approximate surface area is 242 Å². The van der Waals surface area contributed by atoms with E-state index in [-0.39, 0.29) is 24.6 Å². The van der Waals surface area contributed by atoms with Gasteiger partial charge in [0.05, 0.1) is 18.1 Å². The van der Waals surface area contributed by atoms with Crippen molar-refractivity contribution in [2.45, 2.75) is 87.4 Å². The standard InChI is InChI=1S/C29H36N2O11/c1-14(32)25(35)30-17(6-8-21(33)34)27(37)40-15(2)26(36)41-19-9-10-29(38)20-13-16-5-7-18(39-4)23-22(16)28(29,24(19)42-23)11-12-31(20)3/h5,7,9,14-15,17,20,24,32,38H,6,8,10-13H2,1-4H3,(H,30,35)(H,33,34)/t14-,15-,17-,20+,24-,28-,29+/m0/s1. The van der Waals surface area contributed by atoms with Gasteiger partial charge >= 0.3 is 17.9 Å². The zero-order valence-corrected chi connectivity index (χ0v) is 23.9. The Hall–Kier alpha value is -3.68. The molecule has 2 aliphatic carbocycles. The molecule has 4 aliphatic rings. The van der Waals surface area contributed by atoms with Crippen molar-refractivity contribution < 1.29 is 53.4 Å². The molecule has 42 heavy (non-hydrogen) atoms. The Balaban J connectivity index is 1.37. The number of hydrogen-bond donors (Lipinski definition) is 4. The largest absolute Gasteiger partial charge is 0.493 e. The molecular formula is C29H36N2O11.